The predicted octanol–water partition coefficient (Wildman–Crippen LogP) is 8.77. The van der Waals surface area contributed by atoms with E-state index in [4.69, 9.17) is 0 Å². The zero-order valence-electron chi connectivity index (χ0n) is 50.3. The number of nitrogens with zero attached hydrogens (tertiary/aromatic N) is 4. The molecule has 6 N–H and O–H groups in total. The second kappa shape index (κ2) is 32.4. The maximum atomic E-state index is 14.2. The van der Waals surface area contributed by atoms with Gasteiger partial charge in [0.1, 0.15) is 11.6 Å². The van der Waals surface area contributed by atoms with Crippen LogP contribution in [0.3, 0.4) is 0 Å². The number of ketones is 2. The van der Waals surface area contributed by atoms with Gasteiger partial charge in [0.15, 0.2) is 11.6 Å². The maximum absolute atomic E-state index is 14.2. The van der Waals surface area contributed by atoms with Crippen molar-refractivity contribution in [3.63, 3.8) is 0 Å². The maximum Gasteiger partial charge on any atom is 2.00 e. The monoisotopic (exact) mass is 1240 g/mol. The van der Waals surface area contributed by atoms with E-state index in [2.05, 4.69) is 20.6 Å². The molecule has 460 valence electrons. The van der Waals surface area contributed by atoms with Crippen LogP contribution in [0.1, 0.15) is 145 Å². The molecule has 21 heteroatoms. The molecule has 0 bridgehead atoms. The predicted molar refractivity (Wildman–Crippen MR) is 331 cm³/mol. The van der Waals surface area contributed by atoms with E-state index in [1.807, 2.05) is 49.0 Å². The van der Waals surface area contributed by atoms with Gasteiger partial charge in [0.25, 0.3) is 11.8 Å². The molecule has 0 aliphatic carbocycles. The van der Waals surface area contributed by atoms with Crippen LogP contribution in [-0.4, -0.2) is 137 Å². The van der Waals surface area contributed by atoms with Crippen LogP contribution in [0.2, 0.25) is 0 Å². The fourth-order valence-corrected chi connectivity index (χ4v) is 10.7. The topological polar surface area (TPSA) is 289 Å². The number of carboxylic acids is 2. The fraction of sp³-hybridized carbons (Fsp3) is 0.294. The molecule has 89 heavy (non-hydrogen) atoms. The number of Topliss-reactive ketones (excluding diaryl/α,β-unsaturated/α-hetero) is 2. The Labute approximate surface area is 544 Å². The van der Waals surface area contributed by atoms with Gasteiger partial charge in [-0.25, -0.2) is 8.78 Å². The number of carboxylic acid groups (broad SMARTS) is 2. The van der Waals surface area contributed by atoms with E-state index in [0.717, 1.165) is 0 Å². The Hall–Kier alpha value is -8.08. The normalized spacial score (nSPS) is 12.5. The Morgan fingerprint density at radius 1 is 0.494 bits per heavy atom. The smallest absolute Gasteiger partial charge is 0.550 e. The van der Waals surface area contributed by atoms with Gasteiger partial charge in [-0.2, -0.15) is 0 Å². The quantitative estimate of drug-likeness (QED) is 0.0218. The molecule has 0 fully saturated rings. The van der Waals surface area contributed by atoms with Gasteiger partial charge in [0.2, 0.25) is 0 Å². The van der Waals surface area contributed by atoms with E-state index in [1.54, 1.807) is 110 Å². The summed E-state index contributed by atoms with van der Waals surface area (Å²) in [6.45, 7) is 11.1. The number of aliphatic hydroxyl groups is 4. The van der Waals surface area contributed by atoms with Crippen LogP contribution in [-0.2, 0) is 22.7 Å². The second-order valence-corrected chi connectivity index (χ2v) is 22.1. The van der Waals surface area contributed by atoms with Crippen LogP contribution in [0, 0.1) is 11.6 Å². The minimum atomic E-state index is -1.41. The van der Waals surface area contributed by atoms with E-state index >= 15 is 0 Å². The number of pyridine rings is 2. The number of aliphatic hydroxyl groups excluding tert-OH is 4. The van der Waals surface area contributed by atoms with Crippen LogP contribution in [0.25, 0.3) is 44.8 Å². The van der Waals surface area contributed by atoms with Crippen molar-refractivity contribution in [1.29, 1.82) is 0 Å². The summed E-state index contributed by atoms with van der Waals surface area (Å²) in [7, 11) is 0. The van der Waals surface area contributed by atoms with Crippen molar-refractivity contribution in [3.05, 3.63) is 191 Å². The molecule has 4 atom stereocenters. The molecule has 0 aliphatic heterocycles. The van der Waals surface area contributed by atoms with Gasteiger partial charge in [0.05, 0.1) is 46.9 Å². The summed E-state index contributed by atoms with van der Waals surface area (Å²) in [6, 6.07) is 32.1. The van der Waals surface area contributed by atoms with Crippen LogP contribution >= 0.6 is 0 Å². The van der Waals surface area contributed by atoms with E-state index in [9.17, 15) is 68.2 Å². The third-order valence-electron chi connectivity index (χ3n) is 14.7. The van der Waals surface area contributed by atoms with Crippen LogP contribution in [0.4, 0.5) is 20.2 Å². The number of amides is 2. The Balaban J connectivity index is 0.000000281. The minimum Gasteiger partial charge on any atom is -0.550 e. The molecule has 0 saturated heterocycles. The number of aliphatic carboxylic acids is 2. The number of nitrogens with one attached hydrogen (secondary N) is 2. The summed E-state index contributed by atoms with van der Waals surface area (Å²) in [6.07, 6.45) is 0.596. The zero-order chi connectivity index (χ0) is 63.9. The van der Waals surface area contributed by atoms with Crippen LogP contribution < -0.4 is 20.8 Å². The zero-order valence-corrected chi connectivity index (χ0v) is 52.5. The molecule has 4 heterocycles. The average Bonchev–Trinajstić information content (AvgIpc) is 1.65. The largest absolute Gasteiger partial charge is 2.00 e. The molecule has 4 aromatic carbocycles. The van der Waals surface area contributed by atoms with Gasteiger partial charge in [0, 0.05) is 119 Å². The average molecular weight is 1240 g/mol. The molecular weight excluding hydrogens is 1170 g/mol. The molecule has 0 aliphatic rings. The molecule has 0 saturated carbocycles. The second-order valence-electron chi connectivity index (χ2n) is 22.1. The van der Waals surface area contributed by atoms with E-state index in [0.29, 0.717) is 89.8 Å². The van der Waals surface area contributed by atoms with Crippen molar-refractivity contribution in [1.82, 2.24) is 19.1 Å². The third-order valence-corrected chi connectivity index (χ3v) is 14.7. The first-order valence-electron chi connectivity index (χ1n) is 28.7. The Morgan fingerprint density at radius 2 is 0.831 bits per heavy atom. The summed E-state index contributed by atoms with van der Waals surface area (Å²) in [4.78, 5) is 82.2. The summed E-state index contributed by atoms with van der Waals surface area (Å²) in [5, 5.41) is 69.2. The fourth-order valence-electron chi connectivity index (χ4n) is 10.7. The molecule has 8 rings (SSSR count). The van der Waals surface area contributed by atoms with Crippen molar-refractivity contribution in [2.24, 2.45) is 0 Å². The SMILES string of the molecule is CC(=O)c1ccc(NC(=O)c2c(-c3cccnc3)c(-c3ccc(F)cc3)n(CC[C@@H](O)C[C@@H](O)CC(=O)[O-])c2C(C)C)cc1.CC(=O)c1ccc(NC(=O)c2c(-c3cccnc3)c(-c3ccc(F)cc3)n(CC[C@@H](O)C[C@@H](O)CC(=O)[O-])c2C(C)C)cc1.[Ca+2]. The Morgan fingerprint density at radius 3 is 1.11 bits per heavy atom. The first-order valence-corrected chi connectivity index (χ1v) is 28.7. The van der Waals surface area contributed by atoms with Gasteiger partial charge >= 0.3 is 37.7 Å². The summed E-state index contributed by atoms with van der Waals surface area (Å²) in [5.41, 5.74) is 8.95. The van der Waals surface area contributed by atoms with Gasteiger partial charge < -0.3 is 60.0 Å². The van der Waals surface area contributed by atoms with E-state index < -0.39 is 72.6 Å². The van der Waals surface area contributed by atoms with Gasteiger partial charge in [-0.15, -0.1) is 0 Å². The number of benzene rings is 4. The Kier molecular flexibility index (Phi) is 25.5. The molecule has 18 nitrogen and oxygen atoms in total. The van der Waals surface area contributed by atoms with Crippen molar-refractivity contribution < 1.29 is 68.2 Å². The van der Waals surface area contributed by atoms with Crippen LogP contribution in [0.15, 0.2) is 146 Å². The Bertz CT molecular complexity index is 3480. The summed E-state index contributed by atoms with van der Waals surface area (Å²) < 4.78 is 31.9. The number of hydrogen-bond acceptors (Lipinski definition) is 14. The van der Waals surface area contributed by atoms with Crippen molar-refractivity contribution in [2.45, 2.75) is 129 Å². The number of carbonyl (C=O) groups excluding carboxylic acids is 6. The van der Waals surface area contributed by atoms with Gasteiger partial charge in [-0.3, -0.25) is 29.1 Å². The number of halogens is 2. The standard InChI is InChI=1S/2C34H36FN3O6.Ca/c2*1-20(2)32-31(34(44)37-26-12-8-22(9-13-26)21(3)39)30(24-5-4-15-36-19-24)33(23-6-10-25(35)11-7-23)38(32)16-14-27(40)17-28(41)18-29(42)43;/h2*4-13,15,19-20,27-28,40-41H,14,16-18H2,1-3H3,(H,37,44)(H,42,43);/q;;+2/p-2/t2*27-,28-;/m11./s1. The first-order chi connectivity index (χ1) is 41.9. The third kappa shape index (κ3) is 18.5. The van der Waals surface area contributed by atoms with E-state index in [-0.39, 0.29) is 99.9 Å². The van der Waals surface area contributed by atoms with Gasteiger partial charge in [-0.05, 0) is 172 Å². The van der Waals surface area contributed by atoms with Crippen molar-refractivity contribution in [2.75, 3.05) is 10.6 Å². The van der Waals surface area contributed by atoms with Crippen molar-refractivity contribution in [3.8, 4) is 44.8 Å². The number of aromatic nitrogens is 4. The first kappa shape index (κ1) is 70.0. The summed E-state index contributed by atoms with van der Waals surface area (Å²) >= 11 is 0. The number of anilines is 2. The molecular formula is C68H70CaF2N6O12. The van der Waals surface area contributed by atoms with E-state index in [1.165, 1.54) is 38.1 Å². The molecule has 0 unspecified atom stereocenters. The molecule has 0 spiro atoms. The molecule has 8 aromatic rings. The number of carbonyl (C=O) groups is 6. The van der Waals surface area contributed by atoms with Crippen molar-refractivity contribution >= 4 is 84.4 Å². The molecule has 4 aromatic heterocycles. The van der Waals surface area contributed by atoms with Gasteiger partial charge in [-0.1, -0.05) is 39.8 Å². The summed E-state index contributed by atoms with van der Waals surface area (Å²) in [5.74, 6) is -5.08. The van der Waals surface area contributed by atoms with Crippen LogP contribution in [0.5, 0.6) is 0 Å². The number of hydrogen-bond donors (Lipinski definition) is 6. The minimum absolute atomic E-state index is 0. The molecule has 0 radical (unpaired) electrons. The molecule has 2 amide bonds. The number of rotatable bonds is 26.